The zero-order valence-electron chi connectivity index (χ0n) is 11.0. The van der Waals surface area contributed by atoms with Gasteiger partial charge in [0.25, 0.3) is 0 Å². The number of rotatable bonds is 6. The quantitative estimate of drug-likeness (QED) is 0.523. The zero-order valence-corrected chi connectivity index (χ0v) is 11.0. The van der Waals surface area contributed by atoms with Gasteiger partial charge in [-0.3, -0.25) is 4.79 Å². The first-order valence-corrected chi connectivity index (χ1v) is 5.99. The standard InChI is InChI=1S/C13H17NO6/c1-14(12(17)5-6-13(18)20-19)8-11(16)9-3-2-4-10(15)7-9/h2-4,7,11,15-16,19H,5-6,8H2,1H3/t11-/m0/s1. The summed E-state index contributed by atoms with van der Waals surface area (Å²) in [5.74, 6) is -1.23. The number of phenolic OH excluding ortho intramolecular Hbond substituents is 1. The fourth-order valence-electron chi connectivity index (χ4n) is 1.64. The van der Waals surface area contributed by atoms with Crippen LogP contribution in [0.4, 0.5) is 0 Å². The molecule has 0 aliphatic carbocycles. The number of aromatic hydroxyl groups is 1. The second kappa shape index (κ2) is 7.46. The van der Waals surface area contributed by atoms with Crippen LogP contribution < -0.4 is 0 Å². The highest BCUT2D eigenvalue weighted by Gasteiger charge is 2.16. The van der Waals surface area contributed by atoms with E-state index in [2.05, 4.69) is 4.89 Å². The van der Waals surface area contributed by atoms with Gasteiger partial charge in [-0.25, -0.2) is 4.79 Å². The monoisotopic (exact) mass is 283 g/mol. The number of aliphatic hydroxyl groups is 1. The van der Waals surface area contributed by atoms with Crippen molar-refractivity contribution in [1.82, 2.24) is 4.90 Å². The molecule has 0 aliphatic rings. The van der Waals surface area contributed by atoms with E-state index in [0.717, 1.165) is 0 Å². The fraction of sp³-hybridized carbons (Fsp3) is 0.385. The van der Waals surface area contributed by atoms with Crippen LogP contribution in [0.1, 0.15) is 24.5 Å². The molecular formula is C13H17NO6. The molecule has 7 heteroatoms. The molecule has 1 amide bonds. The molecule has 0 fully saturated rings. The van der Waals surface area contributed by atoms with Gasteiger partial charge >= 0.3 is 5.97 Å². The van der Waals surface area contributed by atoms with Gasteiger partial charge in [-0.1, -0.05) is 12.1 Å². The number of hydrogen-bond acceptors (Lipinski definition) is 6. The molecule has 0 aromatic heterocycles. The number of benzene rings is 1. The van der Waals surface area contributed by atoms with Crippen molar-refractivity contribution in [2.75, 3.05) is 13.6 Å². The Hall–Kier alpha value is -2.12. The van der Waals surface area contributed by atoms with E-state index < -0.39 is 12.1 Å². The Balaban J connectivity index is 2.50. The smallest absolute Gasteiger partial charge is 0.342 e. The van der Waals surface area contributed by atoms with Crippen LogP contribution in [0.5, 0.6) is 5.75 Å². The van der Waals surface area contributed by atoms with Crippen LogP contribution in [0.15, 0.2) is 24.3 Å². The molecule has 0 saturated heterocycles. The maximum absolute atomic E-state index is 11.7. The van der Waals surface area contributed by atoms with Gasteiger partial charge in [-0.2, -0.15) is 5.26 Å². The average Bonchev–Trinajstić information content (AvgIpc) is 2.44. The first-order valence-electron chi connectivity index (χ1n) is 5.99. The molecule has 20 heavy (non-hydrogen) atoms. The summed E-state index contributed by atoms with van der Waals surface area (Å²) in [5, 5.41) is 27.3. The molecular weight excluding hydrogens is 266 g/mol. The molecule has 0 saturated carbocycles. The summed E-state index contributed by atoms with van der Waals surface area (Å²) in [5.41, 5.74) is 0.486. The van der Waals surface area contributed by atoms with Crippen molar-refractivity contribution < 1.29 is 29.9 Å². The van der Waals surface area contributed by atoms with Gasteiger partial charge in [-0.15, -0.1) is 0 Å². The topological polar surface area (TPSA) is 107 Å². The first kappa shape index (κ1) is 15.9. The molecule has 0 radical (unpaired) electrons. The summed E-state index contributed by atoms with van der Waals surface area (Å²) in [6.07, 6.45) is -1.30. The van der Waals surface area contributed by atoms with Gasteiger partial charge in [0.1, 0.15) is 5.75 Å². The van der Waals surface area contributed by atoms with Crippen LogP contribution in [-0.4, -0.2) is 45.8 Å². The van der Waals surface area contributed by atoms with Crippen LogP contribution in [0, 0.1) is 0 Å². The van der Waals surface area contributed by atoms with Crippen LogP contribution >= 0.6 is 0 Å². The Bertz CT molecular complexity index is 476. The molecule has 1 atom stereocenters. The largest absolute Gasteiger partial charge is 0.508 e. The molecule has 110 valence electrons. The van der Waals surface area contributed by atoms with Gasteiger partial charge in [0.15, 0.2) is 0 Å². The Kier molecular flexibility index (Phi) is 5.95. The van der Waals surface area contributed by atoms with Crippen molar-refractivity contribution in [2.24, 2.45) is 0 Å². The van der Waals surface area contributed by atoms with Crippen LogP contribution in [0.2, 0.25) is 0 Å². The summed E-state index contributed by atoms with van der Waals surface area (Å²) >= 11 is 0. The lowest BCUT2D eigenvalue weighted by atomic mass is 10.1. The van der Waals surface area contributed by atoms with E-state index >= 15 is 0 Å². The molecule has 0 spiro atoms. The molecule has 3 N–H and O–H groups in total. The second-order valence-electron chi connectivity index (χ2n) is 4.35. The van der Waals surface area contributed by atoms with Crippen molar-refractivity contribution >= 4 is 11.9 Å². The molecule has 0 bridgehead atoms. The van der Waals surface area contributed by atoms with Crippen molar-refractivity contribution in [3.05, 3.63) is 29.8 Å². The highest BCUT2D eigenvalue weighted by molar-refractivity contribution is 5.81. The molecule has 0 unspecified atom stereocenters. The minimum absolute atomic E-state index is 0.0243. The summed E-state index contributed by atoms with van der Waals surface area (Å²) in [6.45, 7) is 0.0243. The third kappa shape index (κ3) is 4.87. The lowest BCUT2D eigenvalue weighted by molar-refractivity contribution is -0.234. The molecule has 0 heterocycles. The number of nitrogens with zero attached hydrogens (tertiary/aromatic N) is 1. The van der Waals surface area contributed by atoms with Gasteiger partial charge in [0, 0.05) is 13.5 Å². The summed E-state index contributed by atoms with van der Waals surface area (Å²) < 4.78 is 0. The number of likely N-dealkylation sites (N-methyl/N-ethyl adjacent to an activating group) is 1. The van der Waals surface area contributed by atoms with Crippen molar-refractivity contribution in [2.45, 2.75) is 18.9 Å². The van der Waals surface area contributed by atoms with E-state index in [9.17, 15) is 19.8 Å². The van der Waals surface area contributed by atoms with E-state index in [1.165, 1.54) is 24.1 Å². The number of aliphatic hydroxyl groups excluding tert-OH is 1. The van der Waals surface area contributed by atoms with E-state index in [1.54, 1.807) is 12.1 Å². The van der Waals surface area contributed by atoms with Gasteiger partial charge in [0.05, 0.1) is 19.1 Å². The van der Waals surface area contributed by atoms with Crippen molar-refractivity contribution in [3.63, 3.8) is 0 Å². The second-order valence-corrected chi connectivity index (χ2v) is 4.35. The molecule has 1 aromatic carbocycles. The lowest BCUT2D eigenvalue weighted by Crippen LogP contribution is -2.31. The van der Waals surface area contributed by atoms with Crippen molar-refractivity contribution in [1.29, 1.82) is 0 Å². The Morgan fingerprint density at radius 2 is 2.05 bits per heavy atom. The van der Waals surface area contributed by atoms with Crippen molar-refractivity contribution in [3.8, 4) is 5.75 Å². The average molecular weight is 283 g/mol. The molecule has 0 aliphatic heterocycles. The Labute approximate surface area is 115 Å². The van der Waals surface area contributed by atoms with E-state index in [-0.39, 0.29) is 31.0 Å². The highest BCUT2D eigenvalue weighted by atomic mass is 17.1. The third-order valence-corrected chi connectivity index (χ3v) is 2.77. The first-order chi connectivity index (χ1) is 9.43. The predicted octanol–water partition coefficient (Wildman–Crippen LogP) is 0.680. The summed E-state index contributed by atoms with van der Waals surface area (Å²) in [6, 6.07) is 6.11. The van der Waals surface area contributed by atoms with Gasteiger partial charge in [0.2, 0.25) is 5.91 Å². The SMILES string of the molecule is CN(C[C@H](O)c1cccc(O)c1)C(=O)CCC(=O)OO. The fourth-order valence-corrected chi connectivity index (χ4v) is 1.64. The van der Waals surface area contributed by atoms with Crippen LogP contribution in [0.25, 0.3) is 0 Å². The molecule has 1 rings (SSSR count). The number of hydrogen-bond donors (Lipinski definition) is 3. The van der Waals surface area contributed by atoms with Gasteiger partial charge in [-0.05, 0) is 17.7 Å². The highest BCUT2D eigenvalue weighted by Crippen LogP contribution is 2.19. The number of phenols is 1. The van der Waals surface area contributed by atoms with E-state index in [0.29, 0.717) is 5.56 Å². The summed E-state index contributed by atoms with van der Waals surface area (Å²) in [4.78, 5) is 27.1. The summed E-state index contributed by atoms with van der Waals surface area (Å²) in [7, 11) is 1.48. The minimum Gasteiger partial charge on any atom is -0.508 e. The molecule has 1 aromatic rings. The normalized spacial score (nSPS) is 11.8. The van der Waals surface area contributed by atoms with Crippen LogP contribution in [-0.2, 0) is 14.5 Å². The third-order valence-electron chi connectivity index (χ3n) is 2.77. The molecule has 7 nitrogen and oxygen atoms in total. The predicted molar refractivity (Wildman–Crippen MR) is 68.7 cm³/mol. The number of carbonyl (C=O) groups is 2. The van der Waals surface area contributed by atoms with E-state index in [1.807, 2.05) is 0 Å². The Morgan fingerprint density at radius 1 is 1.35 bits per heavy atom. The van der Waals surface area contributed by atoms with E-state index in [4.69, 9.17) is 5.26 Å². The Morgan fingerprint density at radius 3 is 2.65 bits per heavy atom. The lowest BCUT2D eigenvalue weighted by Gasteiger charge is -2.21. The number of amides is 1. The van der Waals surface area contributed by atoms with Crippen LogP contribution in [0.3, 0.4) is 0 Å². The maximum Gasteiger partial charge on any atom is 0.342 e. The number of carbonyl (C=O) groups excluding carboxylic acids is 2. The maximum atomic E-state index is 11.7. The zero-order chi connectivity index (χ0) is 15.1. The van der Waals surface area contributed by atoms with Gasteiger partial charge < -0.3 is 20.0 Å². The minimum atomic E-state index is -0.944.